The minimum Gasteiger partial charge on any atom is -0.459 e. The van der Waals surface area contributed by atoms with Gasteiger partial charge in [0.15, 0.2) is 23.7 Å². The summed E-state index contributed by atoms with van der Waals surface area (Å²) >= 11 is 0. The summed E-state index contributed by atoms with van der Waals surface area (Å²) < 4.78 is 82.7. The Morgan fingerprint density at radius 2 is 1.31 bits per heavy atom. The van der Waals surface area contributed by atoms with Crippen LogP contribution in [-0.2, 0) is 0 Å². The van der Waals surface area contributed by atoms with E-state index in [4.69, 9.17) is 4.74 Å². The second-order valence-corrected chi connectivity index (χ2v) is 5.75. The Morgan fingerprint density at radius 3 is 1.90 bits per heavy atom. The largest absolute Gasteiger partial charge is 0.459 e. The smallest absolute Gasteiger partial charge is 0.305 e. The standard InChI is InChI=1S/C22H10F6O/c23-18-9-14(2-1-13-3-6-16(7-4-13)29-12-21(26)27)5-8-17(18)15-10-19(24)22(28)20(25)11-15/h3-12H. The van der Waals surface area contributed by atoms with Gasteiger partial charge in [0, 0.05) is 16.7 Å². The van der Waals surface area contributed by atoms with E-state index in [1.165, 1.54) is 36.4 Å². The van der Waals surface area contributed by atoms with E-state index >= 15 is 0 Å². The summed E-state index contributed by atoms with van der Waals surface area (Å²) in [4.78, 5) is 0. The molecule has 0 saturated carbocycles. The van der Waals surface area contributed by atoms with Crippen LogP contribution in [0.3, 0.4) is 0 Å². The monoisotopic (exact) mass is 404 g/mol. The molecular formula is C22H10F6O. The minimum atomic E-state index is -1.97. The lowest BCUT2D eigenvalue weighted by Gasteiger charge is -2.05. The first-order valence-corrected chi connectivity index (χ1v) is 8.08. The second-order valence-electron chi connectivity index (χ2n) is 5.75. The Morgan fingerprint density at radius 1 is 0.724 bits per heavy atom. The summed E-state index contributed by atoms with van der Waals surface area (Å²) in [5.74, 6) is 0.418. The molecule has 0 unspecified atom stereocenters. The maximum absolute atomic E-state index is 14.3. The molecule has 0 atom stereocenters. The van der Waals surface area contributed by atoms with E-state index in [0.717, 1.165) is 6.07 Å². The summed E-state index contributed by atoms with van der Waals surface area (Å²) in [6, 6.07) is 11.1. The number of ether oxygens (including phenoxy) is 1. The van der Waals surface area contributed by atoms with Gasteiger partial charge < -0.3 is 4.74 Å². The lowest BCUT2D eigenvalue weighted by molar-refractivity contribution is 0.365. The van der Waals surface area contributed by atoms with E-state index in [0.29, 0.717) is 24.0 Å². The molecule has 0 bridgehead atoms. The highest BCUT2D eigenvalue weighted by Gasteiger charge is 2.14. The van der Waals surface area contributed by atoms with Gasteiger partial charge in [-0.15, -0.1) is 0 Å². The van der Waals surface area contributed by atoms with E-state index in [2.05, 4.69) is 11.8 Å². The van der Waals surface area contributed by atoms with E-state index in [-0.39, 0.29) is 22.4 Å². The molecule has 0 heterocycles. The molecule has 0 aromatic heterocycles. The summed E-state index contributed by atoms with van der Waals surface area (Å²) in [5, 5.41) is 0. The molecule has 3 aromatic carbocycles. The molecule has 0 spiro atoms. The fraction of sp³-hybridized carbons (Fsp3) is 0. The zero-order chi connectivity index (χ0) is 21.0. The molecule has 3 rings (SSSR count). The fourth-order valence-electron chi connectivity index (χ4n) is 2.41. The maximum Gasteiger partial charge on any atom is 0.305 e. The third-order valence-electron chi connectivity index (χ3n) is 3.75. The summed E-state index contributed by atoms with van der Waals surface area (Å²) in [7, 11) is 0. The zero-order valence-corrected chi connectivity index (χ0v) is 14.4. The molecule has 7 heteroatoms. The van der Waals surface area contributed by atoms with Crippen molar-refractivity contribution in [2.75, 3.05) is 0 Å². The molecule has 0 amide bonds. The minimum absolute atomic E-state index is 0.108. The van der Waals surface area contributed by atoms with Crippen LogP contribution >= 0.6 is 0 Å². The van der Waals surface area contributed by atoms with Gasteiger partial charge in [0.2, 0.25) is 0 Å². The molecule has 0 fully saturated rings. The number of hydrogen-bond acceptors (Lipinski definition) is 1. The van der Waals surface area contributed by atoms with Crippen LogP contribution in [0.25, 0.3) is 11.1 Å². The molecule has 1 nitrogen and oxygen atoms in total. The molecule has 29 heavy (non-hydrogen) atoms. The SMILES string of the molecule is FC(F)=COc1ccc(C#Cc2ccc(-c3cc(F)c(F)c(F)c3)c(F)c2)cc1. The molecule has 3 aromatic rings. The van der Waals surface area contributed by atoms with Crippen LogP contribution in [0.5, 0.6) is 5.75 Å². The second kappa shape index (κ2) is 8.57. The highest BCUT2D eigenvalue weighted by atomic mass is 19.3. The van der Waals surface area contributed by atoms with Crippen molar-refractivity contribution in [2.45, 2.75) is 0 Å². The molecule has 0 aliphatic rings. The zero-order valence-electron chi connectivity index (χ0n) is 14.4. The lowest BCUT2D eigenvalue weighted by atomic mass is 10.0. The predicted molar refractivity (Wildman–Crippen MR) is 95.1 cm³/mol. The maximum atomic E-state index is 14.3. The third kappa shape index (κ3) is 4.99. The molecule has 0 saturated heterocycles. The van der Waals surface area contributed by atoms with Crippen molar-refractivity contribution in [3.63, 3.8) is 0 Å². The number of hydrogen-bond donors (Lipinski definition) is 0. The van der Waals surface area contributed by atoms with Gasteiger partial charge in [-0.3, -0.25) is 0 Å². The highest BCUT2D eigenvalue weighted by molar-refractivity contribution is 5.65. The molecule has 0 aliphatic heterocycles. The first-order chi connectivity index (χ1) is 13.8. The van der Waals surface area contributed by atoms with E-state index in [9.17, 15) is 26.3 Å². The van der Waals surface area contributed by atoms with Gasteiger partial charge in [0.05, 0.1) is 0 Å². The van der Waals surface area contributed by atoms with Crippen molar-refractivity contribution in [1.29, 1.82) is 0 Å². The Labute approximate surface area is 161 Å². The van der Waals surface area contributed by atoms with Crippen molar-refractivity contribution < 1.29 is 31.1 Å². The van der Waals surface area contributed by atoms with Gasteiger partial charge in [-0.25, -0.2) is 17.6 Å². The van der Waals surface area contributed by atoms with Crippen LogP contribution in [0, 0.1) is 35.1 Å². The van der Waals surface area contributed by atoms with Gasteiger partial charge >= 0.3 is 6.08 Å². The van der Waals surface area contributed by atoms with E-state index in [1.807, 2.05) is 0 Å². The lowest BCUT2D eigenvalue weighted by Crippen LogP contribution is -1.94. The van der Waals surface area contributed by atoms with Crippen LogP contribution < -0.4 is 4.74 Å². The molecule has 0 aliphatic carbocycles. The van der Waals surface area contributed by atoms with Crippen molar-refractivity contribution in [3.05, 3.63) is 101 Å². The summed E-state index contributed by atoms with van der Waals surface area (Å²) in [6.07, 6.45) is -1.66. The third-order valence-corrected chi connectivity index (χ3v) is 3.75. The number of halogens is 6. The fourth-order valence-corrected chi connectivity index (χ4v) is 2.41. The van der Waals surface area contributed by atoms with Crippen LogP contribution in [0.4, 0.5) is 26.3 Å². The Balaban J connectivity index is 1.81. The molecule has 0 N–H and O–H groups in total. The molecule has 0 radical (unpaired) electrons. The molecule has 146 valence electrons. The van der Waals surface area contributed by atoms with Crippen LogP contribution in [0.1, 0.15) is 11.1 Å². The average Bonchev–Trinajstić information content (AvgIpc) is 2.69. The normalized spacial score (nSPS) is 10.1. The van der Waals surface area contributed by atoms with Crippen molar-refractivity contribution >= 4 is 0 Å². The van der Waals surface area contributed by atoms with Crippen LogP contribution in [-0.4, -0.2) is 0 Å². The van der Waals surface area contributed by atoms with E-state index < -0.39 is 29.3 Å². The number of benzene rings is 3. The Bertz CT molecular complexity index is 1110. The summed E-state index contributed by atoms with van der Waals surface area (Å²) in [6.45, 7) is 0. The van der Waals surface area contributed by atoms with Gasteiger partial charge in [-0.1, -0.05) is 17.9 Å². The number of rotatable bonds is 3. The first-order valence-electron chi connectivity index (χ1n) is 8.08. The quantitative estimate of drug-likeness (QED) is 0.212. The first kappa shape index (κ1) is 20.1. The molecular weight excluding hydrogens is 394 g/mol. The van der Waals surface area contributed by atoms with Crippen LogP contribution in [0.15, 0.2) is 66.9 Å². The average molecular weight is 404 g/mol. The topological polar surface area (TPSA) is 9.23 Å². The van der Waals surface area contributed by atoms with Gasteiger partial charge in [0.25, 0.3) is 0 Å². The summed E-state index contributed by atoms with van der Waals surface area (Å²) in [5.41, 5.74) is 0.557. The van der Waals surface area contributed by atoms with Crippen molar-refractivity contribution in [1.82, 2.24) is 0 Å². The highest BCUT2D eigenvalue weighted by Crippen LogP contribution is 2.26. The van der Waals surface area contributed by atoms with Crippen molar-refractivity contribution in [3.8, 4) is 28.7 Å². The van der Waals surface area contributed by atoms with E-state index in [1.54, 1.807) is 0 Å². The van der Waals surface area contributed by atoms with Gasteiger partial charge in [-0.2, -0.15) is 8.78 Å². The predicted octanol–water partition coefficient (Wildman–Crippen LogP) is 6.43. The Hall–Kier alpha value is -3.66. The van der Waals surface area contributed by atoms with Gasteiger partial charge in [0.1, 0.15) is 11.6 Å². The van der Waals surface area contributed by atoms with Crippen molar-refractivity contribution in [2.24, 2.45) is 0 Å². The van der Waals surface area contributed by atoms with Gasteiger partial charge in [-0.05, 0) is 54.1 Å². The van der Waals surface area contributed by atoms with Crippen LogP contribution in [0.2, 0.25) is 0 Å². The Kier molecular flexibility index (Phi) is 5.93.